The van der Waals surface area contributed by atoms with Gasteiger partial charge in [0.05, 0.1) is 10.2 Å². The molecule has 1 amide bonds. The normalized spacial score (nSPS) is 14.6. The predicted octanol–water partition coefficient (Wildman–Crippen LogP) is 4.58. The molecule has 28 heavy (non-hydrogen) atoms. The number of fused-ring (bicyclic) bond motifs is 1. The zero-order valence-corrected chi connectivity index (χ0v) is 16.7. The molecule has 0 unspecified atom stereocenters. The van der Waals surface area contributed by atoms with Crippen LogP contribution in [0.15, 0.2) is 48.5 Å². The fraction of sp³-hybridized carbons (Fsp3) is 0.364. The quantitative estimate of drug-likeness (QED) is 0.567. The maximum Gasteiger partial charge on any atom is 0.279 e. The Balaban J connectivity index is 1.20. The van der Waals surface area contributed by atoms with Crippen LogP contribution in [0.1, 0.15) is 31.2 Å². The van der Waals surface area contributed by atoms with Crippen molar-refractivity contribution in [3.05, 3.63) is 54.1 Å². The van der Waals surface area contributed by atoms with Crippen LogP contribution in [0.4, 0.5) is 0 Å². The molecule has 1 aromatic heterocycles. The van der Waals surface area contributed by atoms with Gasteiger partial charge in [-0.15, -0.1) is 0 Å². The number of likely N-dealkylation sites (tertiary alicyclic amines) is 1. The summed E-state index contributed by atoms with van der Waals surface area (Å²) in [7, 11) is 0. The summed E-state index contributed by atoms with van der Waals surface area (Å²) in [6.45, 7) is 3.51. The van der Waals surface area contributed by atoms with Crippen molar-refractivity contribution in [3.63, 3.8) is 0 Å². The van der Waals surface area contributed by atoms with Crippen LogP contribution in [-0.2, 0) is 11.3 Å². The van der Waals surface area contributed by atoms with Gasteiger partial charge in [-0.2, -0.15) is 0 Å². The third-order valence-corrected chi connectivity index (χ3v) is 5.85. The second kappa shape index (κ2) is 9.17. The van der Waals surface area contributed by atoms with E-state index in [9.17, 15) is 4.79 Å². The molecule has 6 heteroatoms. The highest BCUT2D eigenvalue weighted by Gasteiger charge is 2.16. The Kier molecular flexibility index (Phi) is 6.19. The summed E-state index contributed by atoms with van der Waals surface area (Å²) in [6.07, 6.45) is 3.90. The van der Waals surface area contributed by atoms with E-state index < -0.39 is 0 Å². The SMILES string of the molecule is O=C1CCCCN1CCCNCc1ccc(Oc2nc3ccccc3s2)cc1. The summed E-state index contributed by atoms with van der Waals surface area (Å²) in [5.74, 6) is 1.11. The van der Waals surface area contributed by atoms with Crippen molar-refractivity contribution >= 4 is 27.5 Å². The van der Waals surface area contributed by atoms with E-state index in [0.29, 0.717) is 11.1 Å². The van der Waals surface area contributed by atoms with Gasteiger partial charge >= 0.3 is 0 Å². The summed E-state index contributed by atoms with van der Waals surface area (Å²) < 4.78 is 7.02. The lowest BCUT2D eigenvalue weighted by molar-refractivity contribution is -0.133. The standard InChI is InChI=1S/C22H25N3O2S/c26-21-8-3-4-14-25(21)15-5-13-23-16-17-9-11-18(12-10-17)27-22-24-19-6-1-2-7-20(19)28-22/h1-2,6-7,9-12,23H,3-5,8,13-16H2. The monoisotopic (exact) mass is 395 g/mol. The highest BCUT2D eigenvalue weighted by molar-refractivity contribution is 7.20. The summed E-state index contributed by atoms with van der Waals surface area (Å²) >= 11 is 1.55. The minimum atomic E-state index is 0.315. The van der Waals surface area contributed by atoms with Gasteiger partial charge in [-0.3, -0.25) is 4.79 Å². The smallest absolute Gasteiger partial charge is 0.279 e. The van der Waals surface area contributed by atoms with Crippen molar-refractivity contribution in [2.75, 3.05) is 19.6 Å². The molecule has 2 aromatic carbocycles. The number of piperidine rings is 1. The van der Waals surface area contributed by atoms with Gasteiger partial charge in [0.1, 0.15) is 5.75 Å². The van der Waals surface area contributed by atoms with Crippen LogP contribution in [0.25, 0.3) is 10.2 Å². The van der Waals surface area contributed by atoms with E-state index in [1.807, 2.05) is 35.2 Å². The number of carbonyl (C=O) groups is 1. The number of nitrogens with one attached hydrogen (secondary N) is 1. The van der Waals surface area contributed by atoms with E-state index in [1.165, 1.54) is 5.56 Å². The second-order valence-electron chi connectivity index (χ2n) is 7.06. The largest absolute Gasteiger partial charge is 0.431 e. The number of benzene rings is 2. The lowest BCUT2D eigenvalue weighted by atomic mass is 10.1. The number of ether oxygens (including phenoxy) is 1. The van der Waals surface area contributed by atoms with Gasteiger partial charge in [-0.05, 0) is 55.6 Å². The lowest BCUT2D eigenvalue weighted by Gasteiger charge is -2.26. The van der Waals surface area contributed by atoms with E-state index in [4.69, 9.17) is 4.74 Å². The van der Waals surface area contributed by atoms with Gasteiger partial charge < -0.3 is 15.0 Å². The Bertz CT molecular complexity index is 890. The number of amides is 1. The average Bonchev–Trinajstić information content (AvgIpc) is 3.12. The Hall–Kier alpha value is -2.44. The van der Waals surface area contributed by atoms with Crippen LogP contribution < -0.4 is 10.1 Å². The van der Waals surface area contributed by atoms with Crippen LogP contribution in [0.5, 0.6) is 10.9 Å². The second-order valence-corrected chi connectivity index (χ2v) is 8.05. The summed E-state index contributed by atoms with van der Waals surface area (Å²) in [4.78, 5) is 18.3. The van der Waals surface area contributed by atoms with Crippen LogP contribution >= 0.6 is 11.3 Å². The first kappa shape index (κ1) is 18.9. The van der Waals surface area contributed by atoms with Crippen LogP contribution in [-0.4, -0.2) is 35.4 Å². The fourth-order valence-electron chi connectivity index (χ4n) is 3.40. The molecular weight excluding hydrogens is 370 g/mol. The molecule has 0 radical (unpaired) electrons. The van der Waals surface area contributed by atoms with Crippen molar-refractivity contribution in [2.24, 2.45) is 0 Å². The highest BCUT2D eigenvalue weighted by atomic mass is 32.1. The molecule has 0 atom stereocenters. The van der Waals surface area contributed by atoms with E-state index in [-0.39, 0.29) is 0 Å². The van der Waals surface area contributed by atoms with Gasteiger partial charge in [0, 0.05) is 26.1 Å². The third kappa shape index (κ3) is 4.88. The molecular formula is C22H25N3O2S. The molecule has 1 N–H and O–H groups in total. The molecule has 1 aliphatic heterocycles. The Morgan fingerprint density at radius 3 is 2.79 bits per heavy atom. The zero-order chi connectivity index (χ0) is 19.2. The average molecular weight is 396 g/mol. The highest BCUT2D eigenvalue weighted by Crippen LogP contribution is 2.31. The number of hydrogen-bond donors (Lipinski definition) is 1. The van der Waals surface area contributed by atoms with Crippen LogP contribution in [0, 0.1) is 0 Å². The number of aromatic nitrogens is 1. The van der Waals surface area contributed by atoms with Crippen molar-refractivity contribution in [1.29, 1.82) is 0 Å². The van der Waals surface area contributed by atoms with Gasteiger partial charge in [-0.25, -0.2) is 4.98 Å². The zero-order valence-electron chi connectivity index (χ0n) is 15.9. The molecule has 1 fully saturated rings. The van der Waals surface area contributed by atoms with E-state index in [1.54, 1.807) is 11.3 Å². The van der Waals surface area contributed by atoms with Gasteiger partial charge in [0.25, 0.3) is 5.19 Å². The van der Waals surface area contributed by atoms with Crippen LogP contribution in [0.2, 0.25) is 0 Å². The topological polar surface area (TPSA) is 54.5 Å². The number of hydrogen-bond acceptors (Lipinski definition) is 5. The Morgan fingerprint density at radius 2 is 1.96 bits per heavy atom. The molecule has 1 saturated heterocycles. The summed E-state index contributed by atoms with van der Waals surface area (Å²) in [6, 6.07) is 16.2. The Labute approximate surface area is 169 Å². The van der Waals surface area contributed by atoms with Gasteiger partial charge in [0.15, 0.2) is 0 Å². The fourth-order valence-corrected chi connectivity index (χ4v) is 4.23. The maximum atomic E-state index is 11.8. The molecule has 5 nitrogen and oxygen atoms in total. The number of rotatable bonds is 8. The summed E-state index contributed by atoms with van der Waals surface area (Å²) in [5.41, 5.74) is 2.18. The molecule has 2 heterocycles. The lowest BCUT2D eigenvalue weighted by Crippen LogP contribution is -2.36. The van der Waals surface area contributed by atoms with E-state index >= 15 is 0 Å². The van der Waals surface area contributed by atoms with Crippen LogP contribution in [0.3, 0.4) is 0 Å². The first-order chi connectivity index (χ1) is 13.8. The first-order valence-electron chi connectivity index (χ1n) is 9.89. The molecule has 0 aliphatic carbocycles. The van der Waals surface area contributed by atoms with E-state index in [2.05, 4.69) is 28.5 Å². The predicted molar refractivity (Wildman–Crippen MR) is 113 cm³/mol. The van der Waals surface area contributed by atoms with Crippen molar-refractivity contribution in [2.45, 2.75) is 32.2 Å². The molecule has 0 spiro atoms. The number of thiazole rings is 1. The minimum absolute atomic E-state index is 0.315. The maximum absolute atomic E-state index is 11.8. The summed E-state index contributed by atoms with van der Waals surface area (Å²) in [5, 5.41) is 4.12. The first-order valence-corrected chi connectivity index (χ1v) is 10.7. The molecule has 4 rings (SSSR count). The van der Waals surface area contributed by atoms with E-state index in [0.717, 1.165) is 67.8 Å². The number of nitrogens with zero attached hydrogens (tertiary/aromatic N) is 2. The van der Waals surface area contributed by atoms with Gasteiger partial charge in [-0.1, -0.05) is 35.6 Å². The minimum Gasteiger partial charge on any atom is -0.431 e. The molecule has 1 aliphatic rings. The molecule has 146 valence electrons. The number of carbonyl (C=O) groups excluding carboxylic acids is 1. The molecule has 0 bridgehead atoms. The number of para-hydroxylation sites is 1. The van der Waals surface area contributed by atoms with Gasteiger partial charge in [0.2, 0.25) is 5.91 Å². The Morgan fingerprint density at radius 1 is 1.11 bits per heavy atom. The molecule has 3 aromatic rings. The van der Waals surface area contributed by atoms with Crippen molar-refractivity contribution in [3.8, 4) is 10.9 Å². The third-order valence-electron chi connectivity index (χ3n) is 4.93. The molecule has 0 saturated carbocycles. The van der Waals surface area contributed by atoms with Crippen molar-refractivity contribution in [1.82, 2.24) is 15.2 Å². The van der Waals surface area contributed by atoms with Crippen molar-refractivity contribution < 1.29 is 9.53 Å².